The number of hydrogen-bond donors (Lipinski definition) is 0. The number of fused-ring (bicyclic) bond motifs is 1. The van der Waals surface area contributed by atoms with Crippen molar-refractivity contribution in [2.75, 3.05) is 13.2 Å². The standard InChI is InChI=1S/C16H15NO4/c18-15(11-21-16(19)14-6-3-9-20-14)17-8-7-12-4-1-2-5-13(12)10-17/h1-6,9H,7-8,10-11H2. The molecular weight excluding hydrogens is 270 g/mol. The van der Waals surface area contributed by atoms with Crippen molar-refractivity contribution in [3.8, 4) is 0 Å². The van der Waals surface area contributed by atoms with Gasteiger partial charge in [0.1, 0.15) is 0 Å². The molecule has 1 aromatic heterocycles. The Morgan fingerprint density at radius 2 is 1.95 bits per heavy atom. The maximum atomic E-state index is 12.1. The van der Waals surface area contributed by atoms with Crippen LogP contribution in [0.5, 0.6) is 0 Å². The highest BCUT2D eigenvalue weighted by Crippen LogP contribution is 2.18. The topological polar surface area (TPSA) is 59.8 Å². The molecule has 0 bridgehead atoms. The fourth-order valence-electron chi connectivity index (χ4n) is 2.39. The molecule has 3 rings (SSSR count). The van der Waals surface area contributed by atoms with Gasteiger partial charge in [0.05, 0.1) is 6.26 Å². The Labute approximate surface area is 122 Å². The van der Waals surface area contributed by atoms with Gasteiger partial charge in [-0.3, -0.25) is 4.79 Å². The Hall–Kier alpha value is -2.56. The molecule has 0 saturated heterocycles. The van der Waals surface area contributed by atoms with E-state index in [0.29, 0.717) is 13.1 Å². The van der Waals surface area contributed by atoms with Gasteiger partial charge < -0.3 is 14.1 Å². The van der Waals surface area contributed by atoms with E-state index in [0.717, 1.165) is 12.0 Å². The minimum Gasteiger partial charge on any atom is -0.457 e. The van der Waals surface area contributed by atoms with Gasteiger partial charge in [0.25, 0.3) is 5.91 Å². The van der Waals surface area contributed by atoms with Crippen LogP contribution in [0.2, 0.25) is 0 Å². The number of carbonyl (C=O) groups excluding carboxylic acids is 2. The molecule has 1 aliphatic rings. The van der Waals surface area contributed by atoms with Crippen LogP contribution in [-0.2, 0) is 22.5 Å². The molecule has 0 spiro atoms. The monoisotopic (exact) mass is 285 g/mol. The van der Waals surface area contributed by atoms with Crippen LogP contribution in [0.1, 0.15) is 21.7 Å². The van der Waals surface area contributed by atoms with E-state index in [4.69, 9.17) is 9.15 Å². The third-order valence-corrected chi connectivity index (χ3v) is 3.53. The van der Waals surface area contributed by atoms with Crippen LogP contribution in [0, 0.1) is 0 Å². The van der Waals surface area contributed by atoms with E-state index in [9.17, 15) is 9.59 Å². The molecule has 108 valence electrons. The largest absolute Gasteiger partial charge is 0.457 e. The summed E-state index contributed by atoms with van der Waals surface area (Å²) in [5, 5.41) is 0. The van der Waals surface area contributed by atoms with Crippen molar-refractivity contribution in [3.63, 3.8) is 0 Å². The Bertz CT molecular complexity index is 648. The third-order valence-electron chi connectivity index (χ3n) is 3.53. The number of benzene rings is 1. The second-order valence-corrected chi connectivity index (χ2v) is 4.89. The molecule has 0 fully saturated rings. The number of hydrogen-bond acceptors (Lipinski definition) is 4. The van der Waals surface area contributed by atoms with Crippen molar-refractivity contribution in [1.82, 2.24) is 4.90 Å². The van der Waals surface area contributed by atoms with E-state index < -0.39 is 5.97 Å². The molecular formula is C16H15NO4. The zero-order valence-corrected chi connectivity index (χ0v) is 11.5. The van der Waals surface area contributed by atoms with Crippen LogP contribution in [0.25, 0.3) is 0 Å². The molecule has 21 heavy (non-hydrogen) atoms. The zero-order chi connectivity index (χ0) is 14.7. The number of ether oxygens (including phenoxy) is 1. The summed E-state index contributed by atoms with van der Waals surface area (Å²) < 4.78 is 9.89. The smallest absolute Gasteiger partial charge is 0.374 e. The zero-order valence-electron chi connectivity index (χ0n) is 11.5. The fraction of sp³-hybridized carbons (Fsp3) is 0.250. The first-order chi connectivity index (χ1) is 10.2. The number of rotatable bonds is 3. The summed E-state index contributed by atoms with van der Waals surface area (Å²) in [7, 11) is 0. The fourth-order valence-corrected chi connectivity index (χ4v) is 2.39. The lowest BCUT2D eigenvalue weighted by atomic mass is 10.00. The van der Waals surface area contributed by atoms with Gasteiger partial charge in [0.15, 0.2) is 6.61 Å². The normalized spacial score (nSPS) is 13.6. The number of carbonyl (C=O) groups is 2. The van der Waals surface area contributed by atoms with Crippen molar-refractivity contribution in [1.29, 1.82) is 0 Å². The van der Waals surface area contributed by atoms with Gasteiger partial charge in [0, 0.05) is 13.1 Å². The lowest BCUT2D eigenvalue weighted by Crippen LogP contribution is -2.38. The van der Waals surface area contributed by atoms with E-state index in [-0.39, 0.29) is 18.3 Å². The van der Waals surface area contributed by atoms with Crippen LogP contribution >= 0.6 is 0 Å². The molecule has 0 N–H and O–H groups in total. The predicted molar refractivity (Wildman–Crippen MR) is 74.6 cm³/mol. The molecule has 2 heterocycles. The van der Waals surface area contributed by atoms with E-state index in [1.807, 2.05) is 18.2 Å². The van der Waals surface area contributed by atoms with Crippen LogP contribution in [-0.4, -0.2) is 29.9 Å². The highest BCUT2D eigenvalue weighted by molar-refractivity contribution is 5.88. The lowest BCUT2D eigenvalue weighted by Gasteiger charge is -2.28. The maximum absolute atomic E-state index is 12.1. The molecule has 0 unspecified atom stereocenters. The molecule has 1 aliphatic heterocycles. The van der Waals surface area contributed by atoms with Gasteiger partial charge in [-0.25, -0.2) is 4.79 Å². The minimum absolute atomic E-state index is 0.104. The van der Waals surface area contributed by atoms with Crippen LogP contribution in [0.15, 0.2) is 47.1 Å². The van der Waals surface area contributed by atoms with E-state index >= 15 is 0 Å². The Kier molecular flexibility index (Phi) is 3.73. The molecule has 0 atom stereocenters. The van der Waals surface area contributed by atoms with Crippen molar-refractivity contribution in [2.24, 2.45) is 0 Å². The maximum Gasteiger partial charge on any atom is 0.374 e. The molecule has 5 nitrogen and oxygen atoms in total. The number of esters is 1. The molecule has 1 amide bonds. The van der Waals surface area contributed by atoms with Gasteiger partial charge in [-0.1, -0.05) is 24.3 Å². The summed E-state index contributed by atoms with van der Waals surface area (Å²) in [6.45, 7) is 0.948. The van der Waals surface area contributed by atoms with E-state index in [1.54, 1.807) is 11.0 Å². The molecule has 2 aromatic rings. The quantitative estimate of drug-likeness (QED) is 0.810. The number of amides is 1. The van der Waals surface area contributed by atoms with Gasteiger partial charge in [-0.05, 0) is 29.7 Å². The van der Waals surface area contributed by atoms with Crippen molar-refractivity contribution < 1.29 is 18.7 Å². The molecule has 5 heteroatoms. The Morgan fingerprint density at radius 3 is 2.71 bits per heavy atom. The number of nitrogens with zero attached hydrogens (tertiary/aromatic N) is 1. The van der Waals surface area contributed by atoms with Gasteiger partial charge >= 0.3 is 5.97 Å². The summed E-state index contributed by atoms with van der Waals surface area (Å²) in [4.78, 5) is 25.4. The van der Waals surface area contributed by atoms with Crippen LogP contribution < -0.4 is 0 Å². The summed E-state index contributed by atoms with van der Waals surface area (Å²) >= 11 is 0. The van der Waals surface area contributed by atoms with Crippen LogP contribution in [0.4, 0.5) is 0 Å². The second-order valence-electron chi connectivity index (χ2n) is 4.89. The molecule has 0 radical (unpaired) electrons. The highest BCUT2D eigenvalue weighted by Gasteiger charge is 2.22. The van der Waals surface area contributed by atoms with Gasteiger partial charge in [0.2, 0.25) is 5.76 Å². The van der Waals surface area contributed by atoms with Crippen molar-refractivity contribution >= 4 is 11.9 Å². The minimum atomic E-state index is -0.620. The first kappa shape index (κ1) is 13.4. The SMILES string of the molecule is O=C(OCC(=O)N1CCc2ccccc2C1)c1ccco1. The summed E-state index contributed by atoms with van der Waals surface area (Å²) in [6, 6.07) is 11.2. The van der Waals surface area contributed by atoms with Gasteiger partial charge in [-0.15, -0.1) is 0 Å². The number of furan rings is 1. The average molecular weight is 285 g/mol. The summed E-state index contributed by atoms with van der Waals surface area (Å²) in [5.41, 5.74) is 2.42. The lowest BCUT2D eigenvalue weighted by molar-refractivity contribution is -0.135. The molecule has 0 saturated carbocycles. The average Bonchev–Trinajstić information content (AvgIpc) is 3.06. The summed E-state index contributed by atoms with van der Waals surface area (Å²) in [6.07, 6.45) is 2.22. The Morgan fingerprint density at radius 1 is 1.14 bits per heavy atom. The third kappa shape index (κ3) is 2.97. The first-order valence-electron chi connectivity index (χ1n) is 6.79. The molecule has 1 aromatic carbocycles. The second kappa shape index (κ2) is 5.83. The predicted octanol–water partition coefficient (Wildman–Crippen LogP) is 2.02. The van der Waals surface area contributed by atoms with Gasteiger partial charge in [-0.2, -0.15) is 0 Å². The first-order valence-corrected chi connectivity index (χ1v) is 6.79. The van der Waals surface area contributed by atoms with Crippen molar-refractivity contribution in [3.05, 3.63) is 59.5 Å². The van der Waals surface area contributed by atoms with Crippen LogP contribution in [0.3, 0.4) is 0 Å². The van der Waals surface area contributed by atoms with Crippen molar-refractivity contribution in [2.45, 2.75) is 13.0 Å². The van der Waals surface area contributed by atoms with E-state index in [2.05, 4.69) is 6.07 Å². The molecule has 0 aliphatic carbocycles. The Balaban J connectivity index is 1.56. The highest BCUT2D eigenvalue weighted by atomic mass is 16.5. The summed E-state index contributed by atoms with van der Waals surface area (Å²) in [5.74, 6) is -0.707. The van der Waals surface area contributed by atoms with E-state index in [1.165, 1.54) is 17.9 Å².